The number of unbranched alkanes of at least 4 members (excludes halogenated alkanes) is 1. The zero-order valence-corrected chi connectivity index (χ0v) is 18.7. The lowest BCUT2D eigenvalue weighted by Gasteiger charge is -2.25. The molecule has 0 aliphatic heterocycles. The largest absolute Gasteiger partial charge is 0.480 e. The number of aliphatic hydroxyl groups is 2. The number of amides is 3. The van der Waals surface area contributed by atoms with Crippen molar-refractivity contribution in [2.24, 2.45) is 11.5 Å². The van der Waals surface area contributed by atoms with Gasteiger partial charge in [0.15, 0.2) is 0 Å². The molecule has 0 aromatic heterocycles. The molecule has 3 amide bonds. The fraction of sp³-hybridized carbons (Fsp3) is 0.778. The van der Waals surface area contributed by atoms with E-state index < -0.39 is 60.6 Å². The number of aliphatic carboxylic acids is 1. The first kappa shape index (κ1) is 29.1. The summed E-state index contributed by atoms with van der Waals surface area (Å²) in [4.78, 5) is 48.3. The molecule has 0 bridgehead atoms. The highest BCUT2D eigenvalue weighted by Crippen LogP contribution is 2.03. The lowest BCUT2D eigenvalue weighted by molar-refractivity contribution is -0.142. The van der Waals surface area contributed by atoms with Gasteiger partial charge in [-0.1, -0.05) is 6.42 Å². The molecule has 0 saturated carbocycles. The number of carboxylic acid groups (broad SMARTS) is 1. The van der Waals surface area contributed by atoms with Crippen LogP contribution in [0.5, 0.6) is 0 Å². The van der Waals surface area contributed by atoms with Gasteiger partial charge in [0.05, 0.1) is 18.8 Å². The van der Waals surface area contributed by atoms with Crippen LogP contribution in [-0.4, -0.2) is 94.4 Å². The Kier molecular flexibility index (Phi) is 14.8. The van der Waals surface area contributed by atoms with E-state index in [-0.39, 0.29) is 6.42 Å². The first-order valence-corrected chi connectivity index (χ1v) is 11.4. The Morgan fingerprint density at radius 1 is 0.968 bits per heavy atom. The fourth-order valence-corrected chi connectivity index (χ4v) is 3.00. The minimum absolute atomic E-state index is 0.155. The number of nitrogens with one attached hydrogen (secondary N) is 3. The third-order valence-electron chi connectivity index (χ3n) is 4.41. The molecular weight excluding hydrogens is 430 g/mol. The topological polar surface area (TPSA) is 217 Å². The summed E-state index contributed by atoms with van der Waals surface area (Å²) in [6.07, 6.45) is 2.25. The third kappa shape index (κ3) is 11.3. The van der Waals surface area contributed by atoms with E-state index in [2.05, 4.69) is 16.0 Å². The number of hydrogen-bond donors (Lipinski definition) is 8. The van der Waals surface area contributed by atoms with Crippen molar-refractivity contribution in [3.05, 3.63) is 0 Å². The second-order valence-electron chi connectivity index (χ2n) is 7.04. The monoisotopic (exact) mass is 465 g/mol. The minimum atomic E-state index is -1.47. The minimum Gasteiger partial charge on any atom is -0.480 e. The molecule has 10 N–H and O–H groups in total. The highest BCUT2D eigenvalue weighted by atomic mass is 32.2. The summed E-state index contributed by atoms with van der Waals surface area (Å²) in [5, 5.41) is 35.4. The smallest absolute Gasteiger partial charge is 0.326 e. The van der Waals surface area contributed by atoms with Crippen molar-refractivity contribution in [1.29, 1.82) is 0 Å². The summed E-state index contributed by atoms with van der Waals surface area (Å²) in [5.41, 5.74) is 11.2. The quantitative estimate of drug-likeness (QED) is 0.109. The molecule has 0 aromatic rings. The van der Waals surface area contributed by atoms with E-state index in [1.807, 2.05) is 0 Å². The van der Waals surface area contributed by atoms with Crippen LogP contribution >= 0.6 is 11.8 Å². The Morgan fingerprint density at radius 2 is 1.58 bits per heavy atom. The summed E-state index contributed by atoms with van der Waals surface area (Å²) in [5.74, 6) is -3.26. The SMILES string of the molecule is CSCCC(NC(=O)C(CO)NC(=O)C(NC(=O)C(N)CCCCN)C(C)O)C(=O)O. The first-order valence-electron chi connectivity index (χ1n) is 9.96. The van der Waals surface area contributed by atoms with Gasteiger partial charge in [0.1, 0.15) is 18.1 Å². The molecule has 12 nitrogen and oxygen atoms in total. The number of hydrogen-bond acceptors (Lipinski definition) is 9. The zero-order valence-electron chi connectivity index (χ0n) is 17.9. The maximum atomic E-state index is 12.5. The molecule has 5 atom stereocenters. The fourth-order valence-electron chi connectivity index (χ4n) is 2.53. The third-order valence-corrected chi connectivity index (χ3v) is 5.05. The van der Waals surface area contributed by atoms with Crippen molar-refractivity contribution in [3.63, 3.8) is 0 Å². The van der Waals surface area contributed by atoms with Crippen LogP contribution in [0.25, 0.3) is 0 Å². The van der Waals surface area contributed by atoms with Crippen molar-refractivity contribution in [2.75, 3.05) is 25.2 Å². The van der Waals surface area contributed by atoms with Gasteiger partial charge in [-0.25, -0.2) is 4.79 Å². The van der Waals surface area contributed by atoms with E-state index in [0.717, 1.165) is 0 Å². The molecule has 5 unspecified atom stereocenters. The Hall–Kier alpha value is -1.93. The summed E-state index contributed by atoms with van der Waals surface area (Å²) in [6, 6.07) is -5.00. The van der Waals surface area contributed by atoms with Gasteiger partial charge in [-0.3, -0.25) is 14.4 Å². The molecule has 0 aromatic carbocycles. The Morgan fingerprint density at radius 3 is 2.06 bits per heavy atom. The maximum absolute atomic E-state index is 12.5. The standard InChI is InChI=1S/C18H35N5O7S/c1-10(25)14(23-15(26)11(20)5-3-4-7-19)17(28)22-13(9-24)16(27)21-12(18(29)30)6-8-31-2/h10-14,24-25H,3-9,19-20H2,1-2H3,(H,21,27)(H,22,28)(H,23,26)(H,29,30). The Labute approximate surface area is 185 Å². The predicted octanol–water partition coefficient (Wildman–Crippen LogP) is -2.89. The molecule has 0 aliphatic rings. The van der Waals surface area contributed by atoms with Crippen LogP contribution in [0.2, 0.25) is 0 Å². The van der Waals surface area contributed by atoms with Crippen molar-refractivity contribution in [2.45, 2.75) is 62.9 Å². The van der Waals surface area contributed by atoms with Gasteiger partial charge in [0.25, 0.3) is 0 Å². The molecule has 31 heavy (non-hydrogen) atoms. The number of carbonyl (C=O) groups is 4. The maximum Gasteiger partial charge on any atom is 0.326 e. The molecule has 180 valence electrons. The van der Waals surface area contributed by atoms with Crippen LogP contribution in [-0.2, 0) is 19.2 Å². The van der Waals surface area contributed by atoms with E-state index in [1.54, 1.807) is 6.26 Å². The predicted molar refractivity (Wildman–Crippen MR) is 116 cm³/mol. The number of nitrogens with two attached hydrogens (primary N) is 2. The number of carbonyl (C=O) groups excluding carboxylic acids is 3. The number of carboxylic acids is 1. The highest BCUT2D eigenvalue weighted by molar-refractivity contribution is 7.98. The van der Waals surface area contributed by atoms with Crippen LogP contribution in [0.4, 0.5) is 0 Å². The summed E-state index contributed by atoms with van der Waals surface area (Å²) in [6.45, 7) is 0.907. The van der Waals surface area contributed by atoms with Crippen molar-refractivity contribution >= 4 is 35.5 Å². The molecule has 0 fully saturated rings. The zero-order chi connectivity index (χ0) is 24.0. The molecule has 0 spiro atoms. The number of thioether (sulfide) groups is 1. The average molecular weight is 466 g/mol. The molecule has 0 aliphatic carbocycles. The lowest BCUT2D eigenvalue weighted by atomic mass is 10.1. The van der Waals surface area contributed by atoms with Crippen LogP contribution in [0.15, 0.2) is 0 Å². The number of rotatable bonds is 16. The van der Waals surface area contributed by atoms with Gasteiger partial charge in [-0.2, -0.15) is 11.8 Å². The molecule has 0 rings (SSSR count). The van der Waals surface area contributed by atoms with Crippen molar-refractivity contribution < 1.29 is 34.5 Å². The van der Waals surface area contributed by atoms with Crippen LogP contribution in [0.3, 0.4) is 0 Å². The second-order valence-corrected chi connectivity index (χ2v) is 8.03. The van der Waals surface area contributed by atoms with Crippen LogP contribution < -0.4 is 27.4 Å². The molecule has 13 heteroatoms. The van der Waals surface area contributed by atoms with Gasteiger partial charge < -0.3 is 42.7 Å². The summed E-state index contributed by atoms with van der Waals surface area (Å²) < 4.78 is 0. The second kappa shape index (κ2) is 15.8. The highest BCUT2D eigenvalue weighted by Gasteiger charge is 2.32. The van der Waals surface area contributed by atoms with Crippen LogP contribution in [0, 0.1) is 0 Å². The summed E-state index contributed by atoms with van der Waals surface area (Å²) >= 11 is 1.40. The van der Waals surface area contributed by atoms with Gasteiger partial charge in [-0.15, -0.1) is 0 Å². The van der Waals surface area contributed by atoms with E-state index in [1.165, 1.54) is 18.7 Å². The Balaban J connectivity index is 5.03. The van der Waals surface area contributed by atoms with Crippen molar-refractivity contribution in [1.82, 2.24) is 16.0 Å². The number of aliphatic hydroxyl groups excluding tert-OH is 2. The van der Waals surface area contributed by atoms with E-state index in [0.29, 0.717) is 31.6 Å². The molecule has 0 heterocycles. The van der Waals surface area contributed by atoms with Gasteiger partial charge in [-0.05, 0) is 44.7 Å². The van der Waals surface area contributed by atoms with E-state index in [4.69, 9.17) is 11.5 Å². The normalized spacial score (nSPS) is 15.8. The van der Waals surface area contributed by atoms with Gasteiger partial charge in [0, 0.05) is 0 Å². The van der Waals surface area contributed by atoms with Gasteiger partial charge in [0.2, 0.25) is 17.7 Å². The molecular formula is C18H35N5O7S. The Bertz CT molecular complexity index is 594. The van der Waals surface area contributed by atoms with Crippen molar-refractivity contribution in [3.8, 4) is 0 Å². The van der Waals surface area contributed by atoms with E-state index in [9.17, 15) is 34.5 Å². The van der Waals surface area contributed by atoms with Gasteiger partial charge >= 0.3 is 5.97 Å². The average Bonchev–Trinajstić information content (AvgIpc) is 2.72. The van der Waals surface area contributed by atoms with E-state index >= 15 is 0 Å². The van der Waals surface area contributed by atoms with Crippen LogP contribution in [0.1, 0.15) is 32.6 Å². The first-order chi connectivity index (χ1) is 14.6. The summed E-state index contributed by atoms with van der Waals surface area (Å²) in [7, 11) is 0. The molecule has 0 radical (unpaired) electrons. The lowest BCUT2D eigenvalue weighted by Crippen LogP contribution is -2.60. The molecule has 0 saturated heterocycles.